The Morgan fingerprint density at radius 3 is 2.65 bits per heavy atom. The van der Waals surface area contributed by atoms with Gasteiger partial charge in [-0.2, -0.15) is 0 Å². The van der Waals surface area contributed by atoms with Gasteiger partial charge in [0.25, 0.3) is 0 Å². The second-order valence-corrected chi connectivity index (χ2v) is 8.45. The minimum Gasteiger partial charge on any atom is -0.325 e. The number of thioether (sulfide) groups is 1. The highest BCUT2D eigenvalue weighted by Gasteiger charge is 2.29. The number of benzene rings is 2. The Bertz CT molecular complexity index is 746. The van der Waals surface area contributed by atoms with Crippen molar-refractivity contribution < 1.29 is 4.79 Å². The first kappa shape index (κ1) is 16.1. The minimum absolute atomic E-state index is 0.00671. The van der Waals surface area contributed by atoms with Gasteiger partial charge < -0.3 is 5.32 Å². The molecule has 1 aliphatic rings. The number of carbonyl (C=O) groups excluding carboxylic acids is 1. The molecule has 0 aromatic heterocycles. The summed E-state index contributed by atoms with van der Waals surface area (Å²) in [5.74, 6) is 0.0977. The maximum absolute atomic E-state index is 12.7. The van der Waals surface area contributed by atoms with Gasteiger partial charge in [0.05, 0.1) is 5.25 Å². The second kappa shape index (κ2) is 6.04. The number of para-hydroxylation sites is 1. The Balaban J connectivity index is 1.77. The van der Waals surface area contributed by atoms with Gasteiger partial charge in [0, 0.05) is 10.6 Å². The maximum atomic E-state index is 12.7. The first-order valence-electron chi connectivity index (χ1n) is 8.01. The van der Waals surface area contributed by atoms with Gasteiger partial charge >= 0.3 is 0 Å². The van der Waals surface area contributed by atoms with Crippen molar-refractivity contribution in [2.75, 3.05) is 5.32 Å². The Kier molecular flexibility index (Phi) is 4.24. The van der Waals surface area contributed by atoms with Gasteiger partial charge in [-0.25, -0.2) is 0 Å². The molecule has 120 valence electrons. The molecule has 2 aromatic rings. The van der Waals surface area contributed by atoms with Crippen LogP contribution in [0.1, 0.15) is 37.5 Å². The molecule has 2 aromatic carbocycles. The average Bonchev–Trinajstić information content (AvgIpc) is 2.89. The number of hydrogen-bond acceptors (Lipinski definition) is 2. The van der Waals surface area contributed by atoms with Crippen LogP contribution in [0.25, 0.3) is 0 Å². The van der Waals surface area contributed by atoms with Crippen LogP contribution in [0.3, 0.4) is 0 Å². The van der Waals surface area contributed by atoms with Crippen LogP contribution >= 0.6 is 11.8 Å². The van der Waals surface area contributed by atoms with Crippen LogP contribution in [-0.4, -0.2) is 11.2 Å². The zero-order chi connectivity index (χ0) is 16.6. The zero-order valence-corrected chi connectivity index (χ0v) is 15.0. The van der Waals surface area contributed by atoms with Crippen LogP contribution in [0.5, 0.6) is 0 Å². The number of carbonyl (C=O) groups is 1. The Hall–Kier alpha value is -1.74. The van der Waals surface area contributed by atoms with Gasteiger partial charge in [-0.3, -0.25) is 4.79 Å². The third kappa shape index (κ3) is 3.45. The number of rotatable bonds is 2. The van der Waals surface area contributed by atoms with E-state index in [9.17, 15) is 4.79 Å². The molecule has 0 saturated heterocycles. The van der Waals surface area contributed by atoms with E-state index in [0.29, 0.717) is 0 Å². The SMILES string of the molecule is Cc1ccc2c(c1)S[C@@H](C(=O)Nc1ccccc1C(C)(C)C)C2. The predicted molar refractivity (Wildman–Crippen MR) is 98.3 cm³/mol. The fourth-order valence-corrected chi connectivity index (χ4v) is 4.23. The van der Waals surface area contributed by atoms with Crippen LogP contribution in [-0.2, 0) is 16.6 Å². The van der Waals surface area contributed by atoms with Crippen molar-refractivity contribution in [1.29, 1.82) is 0 Å². The molecule has 0 spiro atoms. The molecule has 0 fully saturated rings. The molecule has 3 heteroatoms. The van der Waals surface area contributed by atoms with Crippen molar-refractivity contribution >= 4 is 23.4 Å². The summed E-state index contributed by atoms with van der Waals surface area (Å²) in [5, 5.41) is 3.11. The summed E-state index contributed by atoms with van der Waals surface area (Å²) >= 11 is 1.68. The lowest BCUT2D eigenvalue weighted by atomic mass is 9.86. The van der Waals surface area contributed by atoms with Crippen LogP contribution in [0.15, 0.2) is 47.4 Å². The smallest absolute Gasteiger partial charge is 0.238 e. The summed E-state index contributed by atoms with van der Waals surface area (Å²) in [6, 6.07) is 14.5. The fraction of sp³-hybridized carbons (Fsp3) is 0.350. The Labute approximate surface area is 142 Å². The van der Waals surface area contributed by atoms with Gasteiger partial charge in [-0.1, -0.05) is 56.7 Å². The summed E-state index contributed by atoms with van der Waals surface area (Å²) in [5.41, 5.74) is 4.63. The number of anilines is 1. The van der Waals surface area contributed by atoms with Gasteiger partial charge in [-0.15, -0.1) is 11.8 Å². The standard InChI is InChI=1S/C20H23NOS/c1-13-9-10-14-12-18(23-17(14)11-13)19(22)21-16-8-6-5-7-15(16)20(2,3)4/h5-11,18H,12H2,1-4H3,(H,21,22)/t18-/m1/s1. The number of fused-ring (bicyclic) bond motifs is 1. The average molecular weight is 325 g/mol. The van der Waals surface area contributed by atoms with E-state index in [0.717, 1.165) is 12.1 Å². The van der Waals surface area contributed by atoms with Crippen LogP contribution in [0.2, 0.25) is 0 Å². The van der Waals surface area contributed by atoms with Crippen molar-refractivity contribution in [2.45, 2.75) is 49.7 Å². The first-order valence-corrected chi connectivity index (χ1v) is 8.89. The molecule has 0 aliphatic carbocycles. The van der Waals surface area contributed by atoms with Gasteiger partial charge in [0.2, 0.25) is 5.91 Å². The molecular weight excluding hydrogens is 302 g/mol. The third-order valence-electron chi connectivity index (χ3n) is 4.18. The van der Waals surface area contributed by atoms with Crippen molar-refractivity contribution in [1.82, 2.24) is 0 Å². The quantitative estimate of drug-likeness (QED) is 0.846. The molecule has 1 N–H and O–H groups in total. The molecule has 1 heterocycles. The molecule has 0 unspecified atom stereocenters. The van der Waals surface area contributed by atoms with E-state index < -0.39 is 0 Å². The largest absolute Gasteiger partial charge is 0.325 e. The molecule has 0 saturated carbocycles. The number of nitrogens with one attached hydrogen (secondary N) is 1. The summed E-state index contributed by atoms with van der Waals surface area (Å²) in [6.07, 6.45) is 0.809. The number of amides is 1. The zero-order valence-electron chi connectivity index (χ0n) is 14.1. The van der Waals surface area contributed by atoms with E-state index in [1.807, 2.05) is 18.2 Å². The topological polar surface area (TPSA) is 29.1 Å². The normalized spacial score (nSPS) is 17.0. The minimum atomic E-state index is -0.0418. The molecule has 0 bridgehead atoms. The van der Waals surface area contributed by atoms with E-state index in [2.05, 4.69) is 57.3 Å². The Morgan fingerprint density at radius 2 is 1.91 bits per heavy atom. The number of aryl methyl sites for hydroxylation is 1. The lowest BCUT2D eigenvalue weighted by Gasteiger charge is -2.23. The van der Waals surface area contributed by atoms with E-state index in [1.54, 1.807) is 11.8 Å². The van der Waals surface area contributed by atoms with Gasteiger partial charge in [0.15, 0.2) is 0 Å². The van der Waals surface area contributed by atoms with Gasteiger partial charge in [-0.05, 0) is 42.0 Å². The van der Waals surface area contributed by atoms with Crippen molar-refractivity contribution in [3.05, 3.63) is 59.2 Å². The number of hydrogen-bond donors (Lipinski definition) is 1. The van der Waals surface area contributed by atoms with Crippen molar-refractivity contribution in [3.63, 3.8) is 0 Å². The van der Waals surface area contributed by atoms with E-state index >= 15 is 0 Å². The van der Waals surface area contributed by atoms with Crippen molar-refractivity contribution in [3.8, 4) is 0 Å². The fourth-order valence-electron chi connectivity index (χ4n) is 2.94. The van der Waals surface area contributed by atoms with Crippen LogP contribution in [0, 0.1) is 6.92 Å². The van der Waals surface area contributed by atoms with E-state index in [4.69, 9.17) is 0 Å². The molecule has 1 amide bonds. The highest BCUT2D eigenvalue weighted by atomic mass is 32.2. The maximum Gasteiger partial charge on any atom is 0.238 e. The molecular formula is C20H23NOS. The highest BCUT2D eigenvalue weighted by Crippen LogP contribution is 2.38. The summed E-state index contributed by atoms with van der Waals surface area (Å²) in [7, 11) is 0. The second-order valence-electron chi connectivity index (χ2n) is 7.21. The van der Waals surface area contributed by atoms with Crippen LogP contribution < -0.4 is 5.32 Å². The van der Waals surface area contributed by atoms with Crippen LogP contribution in [0.4, 0.5) is 5.69 Å². The summed E-state index contributed by atoms with van der Waals surface area (Å²) in [6.45, 7) is 8.59. The lowest BCUT2D eigenvalue weighted by Crippen LogP contribution is -2.26. The van der Waals surface area contributed by atoms with Gasteiger partial charge in [0.1, 0.15) is 0 Å². The molecule has 0 radical (unpaired) electrons. The van der Waals surface area contributed by atoms with E-state index in [1.165, 1.54) is 21.6 Å². The summed E-state index contributed by atoms with van der Waals surface area (Å²) in [4.78, 5) is 14.0. The molecule has 3 rings (SSSR count). The van der Waals surface area contributed by atoms with E-state index in [-0.39, 0.29) is 16.6 Å². The lowest BCUT2D eigenvalue weighted by molar-refractivity contribution is -0.115. The molecule has 23 heavy (non-hydrogen) atoms. The predicted octanol–water partition coefficient (Wildman–Crippen LogP) is 4.95. The third-order valence-corrected chi connectivity index (χ3v) is 5.48. The van der Waals surface area contributed by atoms with Crippen molar-refractivity contribution in [2.24, 2.45) is 0 Å². The molecule has 2 nitrogen and oxygen atoms in total. The summed E-state index contributed by atoms with van der Waals surface area (Å²) < 4.78 is 0. The molecule has 1 atom stereocenters. The monoisotopic (exact) mass is 325 g/mol. The Morgan fingerprint density at radius 1 is 1.17 bits per heavy atom. The highest BCUT2D eigenvalue weighted by molar-refractivity contribution is 8.01. The first-order chi connectivity index (χ1) is 10.8. The molecule has 1 aliphatic heterocycles.